The minimum atomic E-state index is -3.84. The minimum absolute atomic E-state index is 0.249. The molecule has 0 bridgehead atoms. The second-order valence-corrected chi connectivity index (χ2v) is 9.89. The van der Waals surface area contributed by atoms with Gasteiger partial charge in [-0.15, -0.1) is 0 Å². The normalized spacial score (nSPS) is 24.1. The predicted octanol–water partition coefficient (Wildman–Crippen LogP) is 3.11. The van der Waals surface area contributed by atoms with Crippen LogP contribution in [0.2, 0.25) is 0 Å². The van der Waals surface area contributed by atoms with Crippen LogP contribution in [0, 0.1) is 0 Å². The van der Waals surface area contributed by atoms with Crippen molar-refractivity contribution in [2.75, 3.05) is 18.4 Å². The average Bonchev–Trinajstić information content (AvgIpc) is 3.27. The van der Waals surface area contributed by atoms with Gasteiger partial charge in [0.1, 0.15) is 0 Å². The fourth-order valence-electron chi connectivity index (χ4n) is 4.84. The van der Waals surface area contributed by atoms with E-state index in [0.717, 1.165) is 69.1 Å². The van der Waals surface area contributed by atoms with Gasteiger partial charge in [-0.25, -0.2) is 17.9 Å². The Hall–Kier alpha value is -1.86. The molecule has 1 fully saturated rings. The van der Waals surface area contributed by atoms with Gasteiger partial charge in [-0.05, 0) is 80.7 Å². The molecule has 0 saturated carbocycles. The first kappa shape index (κ1) is 19.5. The number of nitrogens with one attached hydrogen (secondary N) is 2. The van der Waals surface area contributed by atoms with Gasteiger partial charge >= 0.3 is 6.03 Å². The summed E-state index contributed by atoms with van der Waals surface area (Å²) in [6.45, 7) is 5.92. The van der Waals surface area contributed by atoms with Crippen molar-refractivity contribution in [1.29, 1.82) is 0 Å². The van der Waals surface area contributed by atoms with E-state index < -0.39 is 16.1 Å². The van der Waals surface area contributed by atoms with Gasteiger partial charge in [0.25, 0.3) is 10.0 Å². The summed E-state index contributed by atoms with van der Waals surface area (Å²) in [6.07, 6.45) is 8.73. The van der Waals surface area contributed by atoms with Crippen LogP contribution in [0.25, 0.3) is 0 Å². The number of carbonyl (C=O) groups excluding carboxylic acids is 1. The fraction of sp³-hybridized carbons (Fsp3) is 0.571. The monoisotopic (exact) mass is 403 g/mol. The molecule has 2 aliphatic carbocycles. The SMILES string of the molecule is CCN1CCC1(C)/C=C/S(=O)(=O)NC(=O)Nc1c2c(cc3c1CCC3)CCC2. The zero-order valence-electron chi connectivity index (χ0n) is 16.7. The van der Waals surface area contributed by atoms with E-state index >= 15 is 0 Å². The molecule has 3 aliphatic rings. The lowest BCUT2D eigenvalue weighted by atomic mass is 9.87. The van der Waals surface area contributed by atoms with Crippen LogP contribution in [0.3, 0.4) is 0 Å². The third kappa shape index (κ3) is 3.57. The molecule has 0 aromatic heterocycles. The summed E-state index contributed by atoms with van der Waals surface area (Å²) < 4.78 is 27.0. The van der Waals surface area contributed by atoms with Gasteiger partial charge < -0.3 is 5.32 Å². The van der Waals surface area contributed by atoms with Crippen molar-refractivity contribution in [2.24, 2.45) is 0 Å². The van der Waals surface area contributed by atoms with E-state index in [4.69, 9.17) is 0 Å². The summed E-state index contributed by atoms with van der Waals surface area (Å²) in [5.41, 5.74) is 5.57. The first-order chi connectivity index (χ1) is 13.3. The Labute approximate surface area is 167 Å². The van der Waals surface area contributed by atoms with Crippen molar-refractivity contribution >= 4 is 21.7 Å². The van der Waals surface area contributed by atoms with E-state index in [0.29, 0.717) is 0 Å². The topological polar surface area (TPSA) is 78.5 Å². The Morgan fingerprint density at radius 3 is 2.36 bits per heavy atom. The lowest BCUT2D eigenvalue weighted by Gasteiger charge is -2.48. The lowest BCUT2D eigenvalue weighted by Crippen LogP contribution is -2.56. The number of carbonyl (C=O) groups is 1. The number of rotatable bonds is 5. The zero-order valence-corrected chi connectivity index (χ0v) is 17.5. The van der Waals surface area contributed by atoms with Gasteiger partial charge in [-0.2, -0.15) is 0 Å². The molecule has 1 saturated heterocycles. The third-order valence-corrected chi connectivity index (χ3v) is 7.51. The number of likely N-dealkylation sites (N-methyl/N-ethyl adjacent to an activating group) is 1. The van der Waals surface area contributed by atoms with Crippen LogP contribution < -0.4 is 10.0 Å². The Bertz CT molecular complexity index is 904. The molecule has 2 N–H and O–H groups in total. The maximum atomic E-state index is 12.5. The molecule has 1 aromatic carbocycles. The molecule has 1 atom stereocenters. The molecular formula is C21H29N3O3S. The van der Waals surface area contributed by atoms with Crippen LogP contribution in [0.15, 0.2) is 17.6 Å². The first-order valence-corrected chi connectivity index (χ1v) is 11.8. The molecule has 0 spiro atoms. The number of hydrogen-bond donors (Lipinski definition) is 2. The number of anilines is 1. The Kier molecular flexibility index (Phi) is 5.00. The van der Waals surface area contributed by atoms with Crippen LogP contribution in [0.5, 0.6) is 0 Å². The van der Waals surface area contributed by atoms with Crippen LogP contribution >= 0.6 is 0 Å². The van der Waals surface area contributed by atoms with E-state index in [9.17, 15) is 13.2 Å². The fourth-order valence-corrected chi connectivity index (χ4v) is 5.69. The molecule has 7 heteroatoms. The molecular weight excluding hydrogens is 374 g/mol. The summed E-state index contributed by atoms with van der Waals surface area (Å²) in [6, 6.07) is 1.61. The molecule has 1 heterocycles. The van der Waals surface area contributed by atoms with Gasteiger partial charge in [-0.1, -0.05) is 19.1 Å². The van der Waals surface area contributed by atoms with E-state index in [2.05, 4.69) is 27.9 Å². The second-order valence-electron chi connectivity index (χ2n) is 8.32. The van der Waals surface area contributed by atoms with Crippen molar-refractivity contribution in [3.05, 3.63) is 39.8 Å². The number of hydrogen-bond acceptors (Lipinski definition) is 4. The number of urea groups is 1. The summed E-state index contributed by atoms with van der Waals surface area (Å²) >= 11 is 0. The van der Waals surface area contributed by atoms with Crippen LogP contribution in [-0.2, 0) is 35.7 Å². The largest absolute Gasteiger partial charge is 0.333 e. The Morgan fingerprint density at radius 1 is 1.18 bits per heavy atom. The summed E-state index contributed by atoms with van der Waals surface area (Å²) in [5.74, 6) is 0. The van der Waals surface area contributed by atoms with Gasteiger partial charge in [0.2, 0.25) is 0 Å². The molecule has 1 unspecified atom stereocenters. The number of benzene rings is 1. The van der Waals surface area contributed by atoms with Crippen molar-refractivity contribution in [2.45, 2.75) is 64.3 Å². The molecule has 1 aliphatic heterocycles. The van der Waals surface area contributed by atoms with E-state index in [1.165, 1.54) is 22.3 Å². The lowest BCUT2D eigenvalue weighted by molar-refractivity contribution is 0.0467. The van der Waals surface area contributed by atoms with Gasteiger partial charge in [0, 0.05) is 23.2 Å². The quantitative estimate of drug-likeness (QED) is 0.792. The van der Waals surface area contributed by atoms with Crippen molar-refractivity contribution in [3.8, 4) is 0 Å². The van der Waals surface area contributed by atoms with Crippen LogP contribution in [0.1, 0.15) is 55.4 Å². The molecule has 6 nitrogen and oxygen atoms in total. The van der Waals surface area contributed by atoms with Crippen molar-refractivity contribution in [3.63, 3.8) is 0 Å². The van der Waals surface area contributed by atoms with Gasteiger partial charge in [0.15, 0.2) is 0 Å². The number of fused-ring (bicyclic) bond motifs is 2. The second kappa shape index (κ2) is 7.19. The number of likely N-dealkylation sites (tertiary alicyclic amines) is 1. The number of sulfonamides is 1. The predicted molar refractivity (Wildman–Crippen MR) is 111 cm³/mol. The number of aryl methyl sites for hydroxylation is 2. The highest BCUT2D eigenvalue weighted by Gasteiger charge is 2.37. The Balaban J connectivity index is 1.48. The highest BCUT2D eigenvalue weighted by atomic mass is 32.2. The molecule has 1 aromatic rings. The third-order valence-electron chi connectivity index (χ3n) is 6.54. The zero-order chi connectivity index (χ0) is 19.9. The van der Waals surface area contributed by atoms with Crippen LogP contribution in [-0.4, -0.2) is 38.0 Å². The van der Waals surface area contributed by atoms with E-state index in [1.807, 2.05) is 6.92 Å². The van der Waals surface area contributed by atoms with Crippen molar-refractivity contribution in [1.82, 2.24) is 9.62 Å². The summed E-state index contributed by atoms with van der Waals surface area (Å²) in [4.78, 5) is 14.7. The highest BCUT2D eigenvalue weighted by Crippen LogP contribution is 2.38. The van der Waals surface area contributed by atoms with Gasteiger partial charge in [-0.3, -0.25) is 4.90 Å². The molecule has 152 valence electrons. The maximum Gasteiger partial charge on any atom is 0.333 e. The minimum Gasteiger partial charge on any atom is -0.307 e. The maximum absolute atomic E-state index is 12.5. The smallest absolute Gasteiger partial charge is 0.307 e. The number of amides is 2. The average molecular weight is 404 g/mol. The Morgan fingerprint density at radius 2 is 1.82 bits per heavy atom. The molecule has 0 radical (unpaired) electrons. The summed E-state index contributed by atoms with van der Waals surface area (Å²) in [7, 11) is -3.84. The van der Waals surface area contributed by atoms with E-state index in [1.54, 1.807) is 6.08 Å². The number of nitrogens with zero attached hydrogens (tertiary/aromatic N) is 1. The van der Waals surface area contributed by atoms with Gasteiger partial charge in [0.05, 0.1) is 0 Å². The van der Waals surface area contributed by atoms with Crippen LogP contribution in [0.4, 0.5) is 10.5 Å². The molecule has 28 heavy (non-hydrogen) atoms. The van der Waals surface area contributed by atoms with Crippen molar-refractivity contribution < 1.29 is 13.2 Å². The highest BCUT2D eigenvalue weighted by molar-refractivity contribution is 7.92. The van der Waals surface area contributed by atoms with E-state index in [-0.39, 0.29) is 5.54 Å². The molecule has 4 rings (SSSR count). The summed E-state index contributed by atoms with van der Waals surface area (Å²) in [5, 5.41) is 4.00. The first-order valence-electron chi connectivity index (χ1n) is 10.3. The standard InChI is InChI=1S/C21H29N3O3S/c1-3-24-12-10-21(24,2)11-13-28(26,27)23-20(25)22-19-17-8-4-6-15(17)14-16-7-5-9-18(16)19/h11,13-14H,3-10,12H2,1-2H3,(H2,22,23,25)/b13-11+. The molecule has 2 amide bonds.